The average molecular weight is 501 g/mol. The Labute approximate surface area is 211 Å². The van der Waals surface area contributed by atoms with Gasteiger partial charge >= 0.3 is 5.97 Å². The zero-order chi connectivity index (χ0) is 26.5. The van der Waals surface area contributed by atoms with Crippen LogP contribution in [0.25, 0.3) is 21.8 Å². The summed E-state index contributed by atoms with van der Waals surface area (Å²) in [5.41, 5.74) is 7.48. The summed E-state index contributed by atoms with van der Waals surface area (Å²) in [6.45, 7) is 1.76. The number of amides is 2. The molecule has 10 heteroatoms. The van der Waals surface area contributed by atoms with E-state index in [1.54, 1.807) is 43.3 Å². The van der Waals surface area contributed by atoms with E-state index in [-0.39, 0.29) is 18.7 Å². The second-order valence-corrected chi connectivity index (χ2v) is 8.34. The van der Waals surface area contributed by atoms with Crippen LogP contribution in [0.2, 0.25) is 0 Å². The number of nitro groups is 1. The maximum absolute atomic E-state index is 13.7. The fraction of sp³-hybridized carbons (Fsp3) is 0.185. The Morgan fingerprint density at radius 2 is 1.54 bits per heavy atom. The number of nitro benzene ring substituents is 1. The number of carbonyl (C=O) groups excluding carboxylic acids is 3. The van der Waals surface area contributed by atoms with Crippen molar-refractivity contribution in [2.75, 3.05) is 6.61 Å². The number of pyridine rings is 1. The van der Waals surface area contributed by atoms with Crippen LogP contribution in [0.1, 0.15) is 35.2 Å². The maximum Gasteiger partial charge on any atom is 0.306 e. The molecule has 3 N–H and O–H groups in total. The lowest BCUT2D eigenvalue weighted by Crippen LogP contribution is -2.49. The number of hydrogen-bond donors (Lipinski definition) is 2. The van der Waals surface area contributed by atoms with Crippen molar-refractivity contribution >= 4 is 45.3 Å². The highest BCUT2D eigenvalue weighted by atomic mass is 16.6. The molecule has 0 aliphatic heterocycles. The molecule has 37 heavy (non-hydrogen) atoms. The quantitative estimate of drug-likeness (QED) is 0.154. The lowest BCUT2D eigenvalue weighted by molar-refractivity contribution is -0.384. The van der Waals surface area contributed by atoms with Crippen molar-refractivity contribution in [3.8, 4) is 0 Å². The average Bonchev–Trinajstić information content (AvgIpc) is 2.89. The molecule has 0 radical (unpaired) electrons. The van der Waals surface area contributed by atoms with Gasteiger partial charge in [-0.1, -0.05) is 48.5 Å². The largest absolute Gasteiger partial charge is 0.466 e. The van der Waals surface area contributed by atoms with Gasteiger partial charge in [0.1, 0.15) is 6.04 Å². The van der Waals surface area contributed by atoms with Gasteiger partial charge in [0.25, 0.3) is 11.6 Å². The van der Waals surface area contributed by atoms with Crippen molar-refractivity contribution in [1.29, 1.82) is 0 Å². The zero-order valence-corrected chi connectivity index (χ0v) is 19.9. The summed E-state index contributed by atoms with van der Waals surface area (Å²) in [5, 5.41) is 15.0. The van der Waals surface area contributed by atoms with Crippen molar-refractivity contribution in [1.82, 2.24) is 10.3 Å². The molecule has 4 rings (SSSR count). The van der Waals surface area contributed by atoms with Crippen LogP contribution in [0, 0.1) is 10.1 Å². The minimum atomic E-state index is -1.32. The van der Waals surface area contributed by atoms with Gasteiger partial charge in [-0.05, 0) is 24.6 Å². The Morgan fingerprint density at radius 3 is 2.05 bits per heavy atom. The SMILES string of the molecule is CCOC(=O)C[C@H](c1ccc([N+](=O)[O-])cc1)[C@@H](NC(=O)c1c2ccccc2nc2ccccc12)C(N)=O. The van der Waals surface area contributed by atoms with Crippen LogP contribution in [0.4, 0.5) is 5.69 Å². The normalized spacial score (nSPS) is 12.6. The molecule has 1 heterocycles. The third-order valence-electron chi connectivity index (χ3n) is 6.03. The second-order valence-electron chi connectivity index (χ2n) is 8.34. The number of esters is 1. The van der Waals surface area contributed by atoms with E-state index in [1.165, 1.54) is 24.3 Å². The molecular weight excluding hydrogens is 476 g/mol. The van der Waals surface area contributed by atoms with E-state index >= 15 is 0 Å². The monoisotopic (exact) mass is 500 g/mol. The van der Waals surface area contributed by atoms with Crippen LogP contribution in [0.3, 0.4) is 0 Å². The van der Waals surface area contributed by atoms with Gasteiger partial charge < -0.3 is 15.8 Å². The highest BCUT2D eigenvalue weighted by Crippen LogP contribution is 2.29. The Hall–Kier alpha value is -4.86. The molecule has 0 bridgehead atoms. The minimum absolute atomic E-state index is 0.119. The number of non-ortho nitro benzene ring substituents is 1. The number of nitrogens with zero attached hydrogens (tertiary/aromatic N) is 2. The summed E-state index contributed by atoms with van der Waals surface area (Å²) in [6, 6.07) is 18.3. The van der Waals surface area contributed by atoms with Gasteiger partial charge in [-0.2, -0.15) is 0 Å². The summed E-state index contributed by atoms with van der Waals surface area (Å²) in [7, 11) is 0. The molecular formula is C27H24N4O6. The van der Waals surface area contributed by atoms with E-state index in [0.717, 1.165) is 0 Å². The van der Waals surface area contributed by atoms with Crippen molar-refractivity contribution in [2.45, 2.75) is 25.3 Å². The molecule has 0 fully saturated rings. The summed E-state index contributed by atoms with van der Waals surface area (Å²) < 4.78 is 5.07. The van der Waals surface area contributed by atoms with Gasteiger partial charge in [0.05, 0.1) is 34.5 Å². The van der Waals surface area contributed by atoms with Crippen molar-refractivity contribution in [3.05, 3.63) is 94.0 Å². The molecule has 0 saturated heterocycles. The van der Waals surface area contributed by atoms with E-state index in [0.29, 0.717) is 32.9 Å². The standard InChI is InChI=1S/C27H24N4O6/c1-2-37-23(32)15-20(16-11-13-17(14-12-16)31(35)36)25(26(28)33)30-27(34)24-18-7-3-5-9-21(18)29-22-10-6-4-8-19(22)24/h3-14,20,25H,2,15H2,1H3,(H2,28,33)(H,30,34)/t20-,25-/m1/s1. The Balaban J connectivity index is 1.78. The van der Waals surface area contributed by atoms with Crippen molar-refractivity contribution in [3.63, 3.8) is 0 Å². The third-order valence-corrected chi connectivity index (χ3v) is 6.03. The molecule has 0 aliphatic rings. The number of primary amides is 1. The van der Waals surface area contributed by atoms with Crippen LogP contribution in [-0.2, 0) is 14.3 Å². The molecule has 4 aromatic rings. The van der Waals surface area contributed by atoms with E-state index in [4.69, 9.17) is 10.5 Å². The number of nitrogens with two attached hydrogens (primary N) is 1. The van der Waals surface area contributed by atoms with Crippen LogP contribution < -0.4 is 11.1 Å². The fourth-order valence-corrected chi connectivity index (χ4v) is 4.34. The number of nitrogens with one attached hydrogen (secondary N) is 1. The first-order valence-corrected chi connectivity index (χ1v) is 11.6. The number of fused-ring (bicyclic) bond motifs is 2. The lowest BCUT2D eigenvalue weighted by Gasteiger charge is -2.26. The molecule has 0 aliphatic carbocycles. The van der Waals surface area contributed by atoms with Crippen LogP contribution in [-0.4, -0.2) is 40.3 Å². The topological polar surface area (TPSA) is 155 Å². The second kappa shape index (κ2) is 10.8. The first-order valence-electron chi connectivity index (χ1n) is 11.6. The van der Waals surface area contributed by atoms with Gasteiger partial charge in [0.2, 0.25) is 5.91 Å². The lowest BCUT2D eigenvalue weighted by atomic mass is 9.87. The number of ether oxygens (including phenoxy) is 1. The highest BCUT2D eigenvalue weighted by molar-refractivity contribution is 6.16. The molecule has 0 saturated carbocycles. The van der Waals surface area contributed by atoms with Crippen LogP contribution in [0.5, 0.6) is 0 Å². The first-order chi connectivity index (χ1) is 17.8. The third kappa shape index (κ3) is 5.37. The van der Waals surface area contributed by atoms with E-state index < -0.39 is 34.7 Å². The van der Waals surface area contributed by atoms with Gasteiger partial charge in [-0.25, -0.2) is 4.98 Å². The predicted octanol–water partition coefficient (Wildman–Crippen LogP) is 3.62. The number of benzene rings is 3. The molecule has 188 valence electrons. The van der Waals surface area contributed by atoms with Gasteiger partial charge in [0, 0.05) is 28.8 Å². The number of carbonyl (C=O) groups is 3. The number of rotatable bonds is 9. The molecule has 2 atom stereocenters. The summed E-state index contributed by atoms with van der Waals surface area (Å²) in [5.74, 6) is -2.98. The Kier molecular flexibility index (Phi) is 7.38. The Morgan fingerprint density at radius 1 is 0.973 bits per heavy atom. The summed E-state index contributed by atoms with van der Waals surface area (Å²) >= 11 is 0. The smallest absolute Gasteiger partial charge is 0.306 e. The highest BCUT2D eigenvalue weighted by Gasteiger charge is 2.33. The number of aromatic nitrogens is 1. The van der Waals surface area contributed by atoms with Crippen molar-refractivity contribution in [2.24, 2.45) is 5.73 Å². The summed E-state index contributed by atoms with van der Waals surface area (Å²) in [6.07, 6.45) is -0.280. The van der Waals surface area contributed by atoms with E-state index in [1.807, 2.05) is 12.1 Å². The summed E-state index contributed by atoms with van der Waals surface area (Å²) in [4.78, 5) is 54.0. The molecule has 3 aromatic carbocycles. The van der Waals surface area contributed by atoms with Crippen molar-refractivity contribution < 1.29 is 24.0 Å². The van der Waals surface area contributed by atoms with Crippen LogP contribution >= 0.6 is 0 Å². The minimum Gasteiger partial charge on any atom is -0.466 e. The maximum atomic E-state index is 13.7. The van der Waals surface area contributed by atoms with Crippen LogP contribution in [0.15, 0.2) is 72.8 Å². The van der Waals surface area contributed by atoms with Gasteiger partial charge in [-0.3, -0.25) is 24.5 Å². The van der Waals surface area contributed by atoms with E-state index in [2.05, 4.69) is 10.3 Å². The van der Waals surface area contributed by atoms with Gasteiger partial charge in [-0.15, -0.1) is 0 Å². The molecule has 1 aromatic heterocycles. The predicted molar refractivity (Wildman–Crippen MR) is 137 cm³/mol. The van der Waals surface area contributed by atoms with Gasteiger partial charge in [0.15, 0.2) is 0 Å². The Bertz CT molecular complexity index is 1450. The number of para-hydroxylation sites is 2. The molecule has 2 amide bonds. The molecule has 10 nitrogen and oxygen atoms in total. The fourth-order valence-electron chi connectivity index (χ4n) is 4.34. The van der Waals surface area contributed by atoms with E-state index in [9.17, 15) is 24.5 Å². The zero-order valence-electron chi connectivity index (χ0n) is 19.9. The molecule has 0 unspecified atom stereocenters. The number of hydrogen-bond acceptors (Lipinski definition) is 7. The molecule has 0 spiro atoms. The first kappa shape index (κ1) is 25.2.